The molecule has 1 heterocycles. The minimum absolute atomic E-state index is 0.0234. The van der Waals surface area contributed by atoms with Crippen LogP contribution in [0.15, 0.2) is 96.0 Å². The van der Waals surface area contributed by atoms with Gasteiger partial charge < -0.3 is 5.32 Å². The van der Waals surface area contributed by atoms with Gasteiger partial charge in [0.15, 0.2) is 14.9 Å². The van der Waals surface area contributed by atoms with Gasteiger partial charge in [0.25, 0.3) is 5.91 Å². The quantitative estimate of drug-likeness (QED) is 0.460. The maximum atomic E-state index is 12.6. The van der Waals surface area contributed by atoms with Crippen molar-refractivity contribution in [3.05, 3.63) is 96.6 Å². The Hall–Kier alpha value is -3.84. The van der Waals surface area contributed by atoms with Gasteiger partial charge in [0.2, 0.25) is 0 Å². The molecule has 0 fully saturated rings. The molecule has 1 aromatic heterocycles. The van der Waals surface area contributed by atoms with Gasteiger partial charge >= 0.3 is 0 Å². The third-order valence-electron chi connectivity index (χ3n) is 5.03. The maximum absolute atomic E-state index is 12.6. The van der Waals surface area contributed by atoms with E-state index in [-0.39, 0.29) is 16.7 Å². The monoisotopic (exact) mass is 443 g/mol. The number of sulfone groups is 1. The highest BCUT2D eigenvalue weighted by atomic mass is 32.2. The molecule has 0 saturated heterocycles. The summed E-state index contributed by atoms with van der Waals surface area (Å²) in [4.78, 5) is 12.6. The van der Waals surface area contributed by atoms with E-state index in [2.05, 4.69) is 15.5 Å². The van der Waals surface area contributed by atoms with Gasteiger partial charge in [0.05, 0.1) is 11.4 Å². The van der Waals surface area contributed by atoms with Gasteiger partial charge in [-0.1, -0.05) is 61.5 Å². The molecule has 0 spiro atoms. The van der Waals surface area contributed by atoms with E-state index in [4.69, 9.17) is 0 Å². The predicted molar refractivity (Wildman–Crippen MR) is 125 cm³/mol. The SMILES string of the molecule is CCS(=O)(=O)c1ccc(-c2ccc(NC(=O)c3ccc(-c4ccccc4)cc3)cc2)nn1. The summed E-state index contributed by atoms with van der Waals surface area (Å²) in [6, 6.07) is 27.6. The zero-order valence-electron chi connectivity index (χ0n) is 17.4. The van der Waals surface area contributed by atoms with Crippen LogP contribution in [0.4, 0.5) is 5.69 Å². The second-order valence-electron chi connectivity index (χ2n) is 7.14. The molecule has 0 aliphatic rings. The summed E-state index contributed by atoms with van der Waals surface area (Å²) in [5, 5.41) is 10.7. The lowest BCUT2D eigenvalue weighted by atomic mass is 10.0. The van der Waals surface area contributed by atoms with Crippen molar-refractivity contribution in [2.24, 2.45) is 0 Å². The van der Waals surface area contributed by atoms with Crippen molar-refractivity contribution in [3.8, 4) is 22.4 Å². The normalized spacial score (nSPS) is 11.2. The number of carbonyl (C=O) groups excluding carboxylic acids is 1. The first-order valence-corrected chi connectivity index (χ1v) is 11.8. The third-order valence-corrected chi connectivity index (χ3v) is 6.65. The van der Waals surface area contributed by atoms with E-state index in [9.17, 15) is 13.2 Å². The molecule has 0 aliphatic carbocycles. The summed E-state index contributed by atoms with van der Waals surface area (Å²) in [5.41, 5.74) is 4.66. The Balaban J connectivity index is 1.44. The van der Waals surface area contributed by atoms with Crippen LogP contribution in [0.5, 0.6) is 0 Å². The summed E-state index contributed by atoms with van der Waals surface area (Å²) in [6.45, 7) is 1.57. The molecule has 32 heavy (non-hydrogen) atoms. The van der Waals surface area contributed by atoms with Gasteiger partial charge in [-0.05, 0) is 47.5 Å². The van der Waals surface area contributed by atoms with E-state index in [1.165, 1.54) is 6.07 Å². The molecule has 7 heteroatoms. The number of aromatic nitrogens is 2. The molecule has 1 amide bonds. The van der Waals surface area contributed by atoms with Crippen molar-refractivity contribution < 1.29 is 13.2 Å². The fourth-order valence-corrected chi connectivity index (χ4v) is 3.90. The molecule has 0 radical (unpaired) electrons. The van der Waals surface area contributed by atoms with Crippen molar-refractivity contribution in [3.63, 3.8) is 0 Å². The number of rotatable bonds is 6. The van der Waals surface area contributed by atoms with E-state index in [1.54, 1.807) is 49.4 Å². The second-order valence-corrected chi connectivity index (χ2v) is 9.36. The summed E-state index contributed by atoms with van der Waals surface area (Å²) < 4.78 is 23.7. The molecule has 1 N–H and O–H groups in total. The number of carbonyl (C=O) groups is 1. The number of nitrogens with one attached hydrogen (secondary N) is 1. The highest BCUT2D eigenvalue weighted by Crippen LogP contribution is 2.22. The van der Waals surface area contributed by atoms with Crippen LogP contribution in [0.1, 0.15) is 17.3 Å². The van der Waals surface area contributed by atoms with Gasteiger partial charge in [0, 0.05) is 16.8 Å². The van der Waals surface area contributed by atoms with Gasteiger partial charge in [-0.15, -0.1) is 10.2 Å². The number of anilines is 1. The lowest BCUT2D eigenvalue weighted by Crippen LogP contribution is -2.11. The van der Waals surface area contributed by atoms with Crippen LogP contribution in [-0.4, -0.2) is 30.3 Å². The fourth-order valence-electron chi connectivity index (χ4n) is 3.16. The summed E-state index contributed by atoms with van der Waals surface area (Å²) in [7, 11) is -3.38. The lowest BCUT2D eigenvalue weighted by molar-refractivity contribution is 0.102. The Morgan fingerprint density at radius 1 is 0.750 bits per heavy atom. The van der Waals surface area contributed by atoms with E-state index >= 15 is 0 Å². The Kier molecular flexibility index (Phi) is 6.09. The van der Waals surface area contributed by atoms with Crippen molar-refractivity contribution in [1.82, 2.24) is 10.2 Å². The van der Waals surface area contributed by atoms with Crippen LogP contribution >= 0.6 is 0 Å². The maximum Gasteiger partial charge on any atom is 0.255 e. The zero-order chi connectivity index (χ0) is 22.6. The van der Waals surface area contributed by atoms with Crippen molar-refractivity contribution >= 4 is 21.4 Å². The minimum atomic E-state index is -3.38. The largest absolute Gasteiger partial charge is 0.322 e. The first-order valence-electron chi connectivity index (χ1n) is 10.1. The van der Waals surface area contributed by atoms with E-state index < -0.39 is 9.84 Å². The van der Waals surface area contributed by atoms with Crippen molar-refractivity contribution in [1.29, 1.82) is 0 Å². The average molecular weight is 444 g/mol. The molecule has 0 saturated carbocycles. The average Bonchev–Trinajstić information content (AvgIpc) is 2.85. The first-order chi connectivity index (χ1) is 15.5. The lowest BCUT2D eigenvalue weighted by Gasteiger charge is -2.08. The van der Waals surface area contributed by atoms with Gasteiger partial charge in [-0.3, -0.25) is 4.79 Å². The van der Waals surface area contributed by atoms with Crippen LogP contribution in [-0.2, 0) is 9.84 Å². The van der Waals surface area contributed by atoms with E-state index in [1.807, 2.05) is 42.5 Å². The van der Waals surface area contributed by atoms with Crippen molar-refractivity contribution in [2.45, 2.75) is 11.9 Å². The number of benzene rings is 3. The number of hydrogen-bond acceptors (Lipinski definition) is 5. The van der Waals surface area contributed by atoms with Crippen LogP contribution < -0.4 is 5.32 Å². The zero-order valence-corrected chi connectivity index (χ0v) is 18.2. The van der Waals surface area contributed by atoms with Crippen LogP contribution in [0.2, 0.25) is 0 Å². The molecule has 3 aromatic carbocycles. The minimum Gasteiger partial charge on any atom is -0.322 e. The van der Waals surface area contributed by atoms with E-state index in [0.717, 1.165) is 16.7 Å². The van der Waals surface area contributed by atoms with Crippen LogP contribution in [0.25, 0.3) is 22.4 Å². The Morgan fingerprint density at radius 3 is 1.97 bits per heavy atom. The van der Waals surface area contributed by atoms with Gasteiger partial charge in [0.1, 0.15) is 0 Å². The summed E-state index contributed by atoms with van der Waals surface area (Å²) in [6.07, 6.45) is 0. The molecule has 0 aliphatic heterocycles. The van der Waals surface area contributed by atoms with Crippen LogP contribution in [0, 0.1) is 0 Å². The fraction of sp³-hybridized carbons (Fsp3) is 0.0800. The molecule has 6 nitrogen and oxygen atoms in total. The standard InChI is InChI=1S/C25H21N3O3S/c1-2-32(30,31)24-17-16-23(27-28-24)20-12-14-22(15-13-20)26-25(29)21-10-8-19(9-11-21)18-6-4-3-5-7-18/h3-17H,2H2,1H3,(H,26,29). The summed E-state index contributed by atoms with van der Waals surface area (Å²) >= 11 is 0. The Bertz CT molecular complexity index is 1320. The van der Waals surface area contributed by atoms with Crippen molar-refractivity contribution in [2.75, 3.05) is 11.1 Å². The first kappa shape index (κ1) is 21.4. The van der Waals surface area contributed by atoms with Gasteiger partial charge in [-0.25, -0.2) is 8.42 Å². The Labute approximate surface area is 186 Å². The molecule has 160 valence electrons. The number of nitrogens with zero attached hydrogens (tertiary/aromatic N) is 2. The number of hydrogen-bond donors (Lipinski definition) is 1. The smallest absolute Gasteiger partial charge is 0.255 e. The highest BCUT2D eigenvalue weighted by molar-refractivity contribution is 7.91. The molecular weight excluding hydrogens is 422 g/mol. The molecular formula is C25H21N3O3S. The summed E-state index contributed by atoms with van der Waals surface area (Å²) in [5.74, 6) is -0.226. The number of amides is 1. The molecule has 0 atom stereocenters. The molecule has 0 bridgehead atoms. The second kappa shape index (κ2) is 9.11. The third kappa shape index (κ3) is 4.73. The van der Waals surface area contributed by atoms with E-state index in [0.29, 0.717) is 16.9 Å². The predicted octanol–water partition coefficient (Wildman–Crippen LogP) is 4.86. The Morgan fingerprint density at radius 2 is 1.38 bits per heavy atom. The van der Waals surface area contributed by atoms with Crippen LogP contribution in [0.3, 0.4) is 0 Å². The molecule has 4 rings (SSSR count). The molecule has 0 unspecified atom stereocenters. The highest BCUT2D eigenvalue weighted by Gasteiger charge is 2.14. The topological polar surface area (TPSA) is 89.0 Å². The van der Waals surface area contributed by atoms with Gasteiger partial charge in [-0.2, -0.15) is 0 Å². The molecule has 4 aromatic rings.